The number of carbonyl (C=O) groups excluding carboxylic acids is 2. The van der Waals surface area contributed by atoms with E-state index in [4.69, 9.17) is 0 Å². The van der Waals surface area contributed by atoms with Gasteiger partial charge in [0.25, 0.3) is 11.8 Å². The predicted molar refractivity (Wildman–Crippen MR) is 117 cm³/mol. The van der Waals surface area contributed by atoms with Crippen LogP contribution in [0.4, 0.5) is 0 Å². The quantitative estimate of drug-likeness (QED) is 0.452. The molecule has 0 atom stereocenters. The number of hydrogen-bond donors (Lipinski definition) is 2. The third-order valence-electron chi connectivity index (χ3n) is 4.52. The van der Waals surface area contributed by atoms with Gasteiger partial charge in [0.2, 0.25) is 0 Å². The number of amides is 2. The molecule has 2 aromatic heterocycles. The van der Waals surface area contributed by atoms with Crippen LogP contribution in [0.2, 0.25) is 0 Å². The van der Waals surface area contributed by atoms with E-state index in [9.17, 15) is 9.59 Å². The molecule has 30 heavy (non-hydrogen) atoms. The number of hydrogen-bond acceptors (Lipinski definition) is 3. The molecule has 2 heterocycles. The second-order valence-electron chi connectivity index (χ2n) is 6.60. The largest absolute Gasteiger partial charge is 0.345 e. The average molecular weight is 464 g/mol. The summed E-state index contributed by atoms with van der Waals surface area (Å²) in [5, 5.41) is 4.61. The van der Waals surface area contributed by atoms with Crippen LogP contribution in [0, 0.1) is 0 Å². The van der Waals surface area contributed by atoms with Gasteiger partial charge >= 0.3 is 0 Å². The summed E-state index contributed by atoms with van der Waals surface area (Å²) >= 11 is 3.33. The molecule has 0 saturated carbocycles. The Labute approximate surface area is 181 Å². The molecule has 4 rings (SSSR count). The minimum absolute atomic E-state index is 0.346. The van der Waals surface area contributed by atoms with E-state index >= 15 is 0 Å². The van der Waals surface area contributed by atoms with E-state index in [2.05, 4.69) is 31.9 Å². The Bertz CT molecular complexity index is 1200. The highest BCUT2D eigenvalue weighted by Crippen LogP contribution is 2.23. The third-order valence-corrected chi connectivity index (χ3v) is 4.95. The summed E-state index contributed by atoms with van der Waals surface area (Å²) in [6.07, 6.45) is 3.41. The van der Waals surface area contributed by atoms with E-state index in [0.717, 1.165) is 15.7 Å². The van der Waals surface area contributed by atoms with Crippen LogP contribution in [0.3, 0.4) is 0 Å². The number of para-hydroxylation sites is 1. The lowest BCUT2D eigenvalue weighted by Crippen LogP contribution is -2.42. The summed E-state index contributed by atoms with van der Waals surface area (Å²) in [7, 11) is 1.75. The smallest absolute Gasteiger partial charge is 0.286 e. The van der Waals surface area contributed by atoms with Gasteiger partial charge in [-0.15, -0.1) is 0 Å². The zero-order chi connectivity index (χ0) is 21.1. The Morgan fingerprint density at radius 1 is 0.900 bits per heavy atom. The van der Waals surface area contributed by atoms with Crippen molar-refractivity contribution in [2.24, 2.45) is 7.05 Å². The number of rotatable bonds is 4. The summed E-state index contributed by atoms with van der Waals surface area (Å²) in [6, 6.07) is 20.6. The van der Waals surface area contributed by atoms with Gasteiger partial charge in [0.1, 0.15) is 11.4 Å². The van der Waals surface area contributed by atoms with Crippen LogP contribution in [0.15, 0.2) is 83.6 Å². The van der Waals surface area contributed by atoms with Crippen molar-refractivity contribution in [1.29, 1.82) is 0 Å². The zero-order valence-corrected chi connectivity index (χ0v) is 17.6. The van der Waals surface area contributed by atoms with Gasteiger partial charge in [-0.1, -0.05) is 48.5 Å². The molecule has 0 spiro atoms. The molecule has 2 amide bonds. The van der Waals surface area contributed by atoms with Gasteiger partial charge in [0.05, 0.1) is 11.3 Å². The van der Waals surface area contributed by atoms with Gasteiger partial charge in [-0.05, 0) is 34.1 Å². The number of carbonyl (C=O) groups is 2. The van der Waals surface area contributed by atoms with Gasteiger partial charge in [0, 0.05) is 29.5 Å². The van der Waals surface area contributed by atoms with Crippen LogP contribution in [0.1, 0.15) is 20.8 Å². The summed E-state index contributed by atoms with van der Waals surface area (Å²) in [5.74, 6) is -0.883. The standard InChI is InChI=1S/C22H18BrN5O2/c1-27-13-16(23)12-19(27)22(30)25-24-21(29)18-14-28(17-10-6-3-7-11-17)26-20(18)15-8-4-2-5-9-15/h2-14H,1H3,(H,24,29)(H,25,30). The first kappa shape index (κ1) is 19.7. The molecule has 0 bridgehead atoms. The fraction of sp³-hybridized carbons (Fsp3) is 0.0455. The van der Waals surface area contributed by atoms with Gasteiger partial charge in [0.15, 0.2) is 0 Å². The van der Waals surface area contributed by atoms with Crippen LogP contribution >= 0.6 is 15.9 Å². The number of nitrogens with zero attached hydrogens (tertiary/aromatic N) is 3. The number of nitrogens with one attached hydrogen (secondary N) is 2. The second-order valence-corrected chi connectivity index (χ2v) is 7.52. The van der Waals surface area contributed by atoms with Crippen LogP contribution in [0.5, 0.6) is 0 Å². The SMILES string of the molecule is Cn1cc(Br)cc1C(=O)NNC(=O)c1cn(-c2ccccc2)nc1-c1ccccc1. The number of aryl methyl sites for hydroxylation is 1. The first-order chi connectivity index (χ1) is 14.5. The van der Waals surface area contributed by atoms with Crippen molar-refractivity contribution < 1.29 is 9.59 Å². The van der Waals surface area contributed by atoms with Crippen LogP contribution < -0.4 is 10.9 Å². The topological polar surface area (TPSA) is 81.0 Å². The molecule has 2 aromatic carbocycles. The van der Waals surface area contributed by atoms with Crippen LogP contribution in [-0.2, 0) is 7.05 Å². The summed E-state index contributed by atoms with van der Waals surface area (Å²) in [4.78, 5) is 25.3. The number of benzene rings is 2. The zero-order valence-electron chi connectivity index (χ0n) is 16.0. The summed E-state index contributed by atoms with van der Waals surface area (Å²) in [6.45, 7) is 0. The number of halogens is 1. The van der Waals surface area contributed by atoms with E-state index < -0.39 is 11.8 Å². The molecule has 0 aliphatic rings. The molecule has 4 aromatic rings. The van der Waals surface area contributed by atoms with E-state index in [-0.39, 0.29) is 0 Å². The average Bonchev–Trinajstić information content (AvgIpc) is 3.36. The summed E-state index contributed by atoms with van der Waals surface area (Å²) < 4.78 is 4.08. The van der Waals surface area contributed by atoms with Crippen LogP contribution in [0.25, 0.3) is 16.9 Å². The lowest BCUT2D eigenvalue weighted by atomic mass is 10.1. The van der Waals surface area contributed by atoms with Crippen molar-refractivity contribution in [3.05, 3.63) is 94.9 Å². The van der Waals surface area contributed by atoms with Crippen molar-refractivity contribution in [2.75, 3.05) is 0 Å². The molecule has 0 aliphatic heterocycles. The highest BCUT2D eigenvalue weighted by Gasteiger charge is 2.20. The van der Waals surface area contributed by atoms with E-state index in [1.165, 1.54) is 0 Å². The lowest BCUT2D eigenvalue weighted by molar-refractivity contribution is 0.0842. The molecule has 0 unspecified atom stereocenters. The molecule has 0 fully saturated rings. The predicted octanol–water partition coefficient (Wildman–Crippen LogP) is 3.72. The van der Waals surface area contributed by atoms with Crippen molar-refractivity contribution in [3.8, 4) is 16.9 Å². The van der Waals surface area contributed by atoms with Gasteiger partial charge in [-0.3, -0.25) is 20.4 Å². The molecule has 0 saturated heterocycles. The maximum atomic E-state index is 12.9. The van der Waals surface area contributed by atoms with Crippen molar-refractivity contribution in [2.45, 2.75) is 0 Å². The van der Waals surface area contributed by atoms with E-state index in [0.29, 0.717) is 17.0 Å². The maximum absolute atomic E-state index is 12.9. The highest BCUT2D eigenvalue weighted by atomic mass is 79.9. The molecule has 8 heteroatoms. The molecular weight excluding hydrogens is 446 g/mol. The molecule has 2 N–H and O–H groups in total. The maximum Gasteiger partial charge on any atom is 0.286 e. The van der Waals surface area contributed by atoms with E-state index in [1.54, 1.807) is 34.8 Å². The molecular formula is C22H18BrN5O2. The summed E-state index contributed by atoms with van der Waals surface area (Å²) in [5.41, 5.74) is 7.85. The van der Waals surface area contributed by atoms with Gasteiger partial charge < -0.3 is 4.57 Å². The minimum Gasteiger partial charge on any atom is -0.345 e. The Hall–Kier alpha value is -3.65. The minimum atomic E-state index is -0.461. The first-order valence-corrected chi connectivity index (χ1v) is 9.95. The monoisotopic (exact) mass is 463 g/mol. The Morgan fingerprint density at radius 2 is 1.53 bits per heavy atom. The van der Waals surface area contributed by atoms with Crippen LogP contribution in [-0.4, -0.2) is 26.2 Å². The van der Waals surface area contributed by atoms with E-state index in [1.807, 2.05) is 60.7 Å². The molecule has 7 nitrogen and oxygen atoms in total. The molecule has 150 valence electrons. The van der Waals surface area contributed by atoms with Crippen molar-refractivity contribution in [1.82, 2.24) is 25.2 Å². The van der Waals surface area contributed by atoms with Gasteiger partial charge in [-0.2, -0.15) is 5.10 Å². The van der Waals surface area contributed by atoms with Gasteiger partial charge in [-0.25, -0.2) is 4.68 Å². The Balaban J connectivity index is 1.62. The highest BCUT2D eigenvalue weighted by molar-refractivity contribution is 9.10. The number of aromatic nitrogens is 3. The van der Waals surface area contributed by atoms with Crippen molar-refractivity contribution >= 4 is 27.7 Å². The second kappa shape index (κ2) is 8.38. The Morgan fingerprint density at radius 3 is 2.17 bits per heavy atom. The lowest BCUT2D eigenvalue weighted by Gasteiger charge is -2.08. The third kappa shape index (κ3) is 4.04. The number of hydrazine groups is 1. The first-order valence-electron chi connectivity index (χ1n) is 9.16. The Kier molecular flexibility index (Phi) is 5.49. The molecule has 0 radical (unpaired) electrons. The molecule has 0 aliphatic carbocycles. The van der Waals surface area contributed by atoms with Crippen molar-refractivity contribution in [3.63, 3.8) is 0 Å². The normalized spacial score (nSPS) is 10.6. The fourth-order valence-electron chi connectivity index (χ4n) is 3.06. The fourth-order valence-corrected chi connectivity index (χ4v) is 3.58.